The number of hydrogen-bond acceptors (Lipinski definition) is 3. The monoisotopic (exact) mass is 250 g/mol. The van der Waals surface area contributed by atoms with E-state index in [4.69, 9.17) is 0 Å². The zero-order valence-corrected chi connectivity index (χ0v) is 10.8. The minimum atomic E-state index is 0.0919. The smallest absolute Gasteiger partial charge is 0.221 e. The number of rotatable bonds is 4. The highest BCUT2D eigenvalue weighted by Gasteiger charge is 2.19. The molecule has 0 aromatic heterocycles. The Kier molecular flexibility index (Phi) is 4.45. The molecule has 0 radical (unpaired) electrons. The van der Waals surface area contributed by atoms with Crippen LogP contribution in [-0.2, 0) is 10.5 Å². The lowest BCUT2D eigenvalue weighted by Gasteiger charge is -2.26. The van der Waals surface area contributed by atoms with Crippen LogP contribution in [0, 0.1) is 0 Å². The first-order valence-electron chi connectivity index (χ1n) is 5.91. The number of amides is 1. The maximum absolute atomic E-state index is 11.1. The predicted molar refractivity (Wildman–Crippen MR) is 72.0 cm³/mol. The molecule has 1 aromatic rings. The van der Waals surface area contributed by atoms with E-state index in [0.717, 1.165) is 18.1 Å². The van der Waals surface area contributed by atoms with Crippen molar-refractivity contribution < 1.29 is 4.79 Å². The van der Waals surface area contributed by atoms with Gasteiger partial charge in [-0.05, 0) is 11.1 Å². The zero-order valence-electron chi connectivity index (χ0n) is 10.0. The molecular weight excluding hydrogens is 232 g/mol. The summed E-state index contributed by atoms with van der Waals surface area (Å²) in [5.41, 5.74) is 2.81. The maximum atomic E-state index is 11.1. The minimum absolute atomic E-state index is 0.0919. The number of carbonyl (C=O) groups is 1. The number of nitrogens with one attached hydrogen (secondary N) is 2. The molecule has 0 saturated carbocycles. The van der Waals surface area contributed by atoms with Crippen LogP contribution in [0.15, 0.2) is 24.3 Å². The fourth-order valence-corrected chi connectivity index (χ4v) is 3.17. The van der Waals surface area contributed by atoms with Crippen molar-refractivity contribution in [1.29, 1.82) is 0 Å². The van der Waals surface area contributed by atoms with Crippen molar-refractivity contribution in [1.82, 2.24) is 10.6 Å². The highest BCUT2D eigenvalue weighted by atomic mass is 32.2. The van der Waals surface area contributed by atoms with Crippen LogP contribution in [0.1, 0.15) is 23.6 Å². The zero-order chi connectivity index (χ0) is 12.1. The average Bonchev–Trinajstić information content (AvgIpc) is 2.39. The third-order valence-electron chi connectivity index (χ3n) is 2.99. The minimum Gasteiger partial charge on any atom is -0.359 e. The van der Waals surface area contributed by atoms with Gasteiger partial charge >= 0.3 is 0 Å². The van der Waals surface area contributed by atoms with E-state index in [0.29, 0.717) is 12.5 Å². The van der Waals surface area contributed by atoms with E-state index >= 15 is 0 Å². The summed E-state index contributed by atoms with van der Waals surface area (Å²) in [6.07, 6.45) is 0.542. The predicted octanol–water partition coefficient (Wildman–Crippen LogP) is 1.70. The molecular formula is C13H18N2OS. The third kappa shape index (κ3) is 3.23. The molecule has 3 nitrogen and oxygen atoms in total. The van der Waals surface area contributed by atoms with Gasteiger partial charge in [-0.15, -0.1) is 0 Å². The van der Waals surface area contributed by atoms with Gasteiger partial charge in [-0.1, -0.05) is 24.3 Å². The van der Waals surface area contributed by atoms with Crippen LogP contribution in [0.2, 0.25) is 0 Å². The van der Waals surface area contributed by atoms with E-state index in [1.807, 2.05) is 11.8 Å². The molecule has 0 fully saturated rings. The molecule has 0 saturated heterocycles. The van der Waals surface area contributed by atoms with Gasteiger partial charge in [0.2, 0.25) is 5.91 Å². The number of hydrogen-bond donors (Lipinski definition) is 2. The van der Waals surface area contributed by atoms with Crippen molar-refractivity contribution in [3.63, 3.8) is 0 Å². The van der Waals surface area contributed by atoms with Gasteiger partial charge in [-0.25, -0.2) is 0 Å². The van der Waals surface area contributed by atoms with Gasteiger partial charge in [0.25, 0.3) is 0 Å². The van der Waals surface area contributed by atoms with E-state index in [-0.39, 0.29) is 5.91 Å². The van der Waals surface area contributed by atoms with Crippen LogP contribution in [0.3, 0.4) is 0 Å². The summed E-state index contributed by atoms with van der Waals surface area (Å²) in [6, 6.07) is 8.94. The highest BCUT2D eigenvalue weighted by Crippen LogP contribution is 2.31. The first-order chi connectivity index (χ1) is 8.31. The Hall–Kier alpha value is -1.00. The Morgan fingerprint density at radius 1 is 1.47 bits per heavy atom. The van der Waals surface area contributed by atoms with Crippen molar-refractivity contribution in [2.75, 3.05) is 19.3 Å². The molecule has 1 aliphatic rings. The molecule has 2 rings (SSSR count). The van der Waals surface area contributed by atoms with Gasteiger partial charge < -0.3 is 10.6 Å². The van der Waals surface area contributed by atoms with Gasteiger partial charge in [0.1, 0.15) is 0 Å². The van der Waals surface area contributed by atoms with E-state index < -0.39 is 0 Å². The van der Waals surface area contributed by atoms with E-state index in [9.17, 15) is 4.79 Å². The van der Waals surface area contributed by atoms with Gasteiger partial charge in [-0.2, -0.15) is 11.8 Å². The second-order valence-corrected chi connectivity index (χ2v) is 5.17. The van der Waals surface area contributed by atoms with Crippen molar-refractivity contribution in [3.05, 3.63) is 35.4 Å². The van der Waals surface area contributed by atoms with Crippen LogP contribution >= 0.6 is 11.8 Å². The quantitative estimate of drug-likeness (QED) is 0.854. The number of fused-ring (bicyclic) bond motifs is 1. The summed E-state index contributed by atoms with van der Waals surface area (Å²) < 4.78 is 0. The molecule has 1 heterocycles. The number of carbonyl (C=O) groups excluding carboxylic acids is 1. The van der Waals surface area contributed by atoms with Crippen molar-refractivity contribution in [2.45, 2.75) is 18.2 Å². The molecule has 1 amide bonds. The summed E-state index contributed by atoms with van der Waals surface area (Å²) in [5, 5.41) is 6.10. The third-order valence-corrected chi connectivity index (χ3v) is 4.08. The summed E-state index contributed by atoms with van der Waals surface area (Å²) in [6.45, 7) is 0.735. The van der Waals surface area contributed by atoms with Crippen LogP contribution in [0.4, 0.5) is 0 Å². The van der Waals surface area contributed by atoms with E-state index in [1.165, 1.54) is 11.1 Å². The van der Waals surface area contributed by atoms with Crippen molar-refractivity contribution in [3.8, 4) is 0 Å². The Balaban J connectivity index is 1.92. The molecule has 92 valence electrons. The number of benzene rings is 1. The highest BCUT2D eigenvalue weighted by molar-refractivity contribution is 7.98. The fourth-order valence-electron chi connectivity index (χ4n) is 2.04. The van der Waals surface area contributed by atoms with E-state index in [2.05, 4.69) is 34.9 Å². The lowest BCUT2D eigenvalue weighted by Crippen LogP contribution is -2.30. The van der Waals surface area contributed by atoms with Crippen LogP contribution < -0.4 is 10.6 Å². The molecule has 1 aliphatic heterocycles. The first kappa shape index (κ1) is 12.5. The largest absolute Gasteiger partial charge is 0.359 e. The summed E-state index contributed by atoms with van der Waals surface area (Å²) >= 11 is 1.95. The number of thioether (sulfide) groups is 1. The SMILES string of the molecule is CNC(=O)CCNC1CSCc2ccccc21. The molecule has 0 aliphatic carbocycles. The topological polar surface area (TPSA) is 41.1 Å². The maximum Gasteiger partial charge on any atom is 0.221 e. The summed E-state index contributed by atoms with van der Waals surface area (Å²) in [5.74, 6) is 2.28. The van der Waals surface area contributed by atoms with Crippen molar-refractivity contribution in [2.24, 2.45) is 0 Å². The molecule has 0 spiro atoms. The average molecular weight is 250 g/mol. The van der Waals surface area contributed by atoms with Gasteiger partial charge in [0.05, 0.1) is 0 Å². The molecule has 0 bridgehead atoms. The van der Waals surface area contributed by atoms with Gasteiger partial charge in [-0.3, -0.25) is 4.79 Å². The van der Waals surface area contributed by atoms with Crippen LogP contribution in [0.5, 0.6) is 0 Å². The molecule has 4 heteroatoms. The molecule has 2 N–H and O–H groups in total. The van der Waals surface area contributed by atoms with E-state index in [1.54, 1.807) is 7.05 Å². The molecule has 1 aromatic carbocycles. The molecule has 1 unspecified atom stereocenters. The Bertz CT molecular complexity index is 395. The second-order valence-electron chi connectivity index (χ2n) is 4.14. The fraction of sp³-hybridized carbons (Fsp3) is 0.462. The van der Waals surface area contributed by atoms with Crippen LogP contribution in [0.25, 0.3) is 0 Å². The molecule has 1 atom stereocenters. The summed E-state index contributed by atoms with van der Waals surface area (Å²) in [4.78, 5) is 11.1. The lowest BCUT2D eigenvalue weighted by molar-refractivity contribution is -0.120. The normalized spacial score (nSPS) is 18.5. The Labute approximate surface area is 106 Å². The van der Waals surface area contributed by atoms with Gasteiger partial charge in [0, 0.05) is 37.6 Å². The molecule has 17 heavy (non-hydrogen) atoms. The lowest BCUT2D eigenvalue weighted by atomic mass is 10.0. The Morgan fingerprint density at radius 3 is 3.12 bits per heavy atom. The second kappa shape index (κ2) is 6.07. The van der Waals surface area contributed by atoms with Gasteiger partial charge in [0.15, 0.2) is 0 Å². The Morgan fingerprint density at radius 2 is 2.29 bits per heavy atom. The van der Waals surface area contributed by atoms with Crippen molar-refractivity contribution >= 4 is 17.7 Å². The first-order valence-corrected chi connectivity index (χ1v) is 7.06. The van der Waals surface area contributed by atoms with Crippen LogP contribution in [-0.4, -0.2) is 25.3 Å². The summed E-state index contributed by atoms with van der Waals surface area (Å²) in [7, 11) is 1.67. The standard InChI is InChI=1S/C13H18N2OS/c1-14-13(16)6-7-15-12-9-17-8-10-4-2-3-5-11(10)12/h2-5,12,15H,6-9H2,1H3,(H,14,16).